The zero-order valence-electron chi connectivity index (χ0n) is 8.65. The van der Waals surface area contributed by atoms with Crippen LogP contribution in [0.4, 0.5) is 0 Å². The fraction of sp³-hybridized carbons (Fsp3) is 0.818. The second-order valence-corrected chi connectivity index (χ2v) is 5.23. The molecule has 1 aliphatic rings. The molecule has 1 saturated carbocycles. The Labute approximate surface area is 90.1 Å². The van der Waals surface area contributed by atoms with Gasteiger partial charge in [0.15, 0.2) is 0 Å². The molecule has 0 amide bonds. The standard InChI is InChI=1S/C11H20BrN/c1-4-10-5-6-11(9(10)3)13-7-8(2)12/h9-11,13H,2,4-7H2,1,3H3. The van der Waals surface area contributed by atoms with E-state index in [0.29, 0.717) is 6.04 Å². The quantitative estimate of drug-likeness (QED) is 0.802. The van der Waals surface area contributed by atoms with Crippen LogP contribution in [-0.2, 0) is 0 Å². The molecule has 0 heterocycles. The fourth-order valence-electron chi connectivity index (χ4n) is 2.35. The second-order valence-electron chi connectivity index (χ2n) is 4.11. The third-order valence-electron chi connectivity index (χ3n) is 3.31. The largest absolute Gasteiger partial charge is 0.309 e. The van der Waals surface area contributed by atoms with Crippen LogP contribution in [-0.4, -0.2) is 12.6 Å². The molecule has 1 nitrogen and oxygen atoms in total. The molecule has 1 aliphatic carbocycles. The summed E-state index contributed by atoms with van der Waals surface area (Å²) in [6.45, 7) is 9.41. The zero-order valence-corrected chi connectivity index (χ0v) is 10.2. The van der Waals surface area contributed by atoms with E-state index in [1.54, 1.807) is 0 Å². The number of hydrogen-bond acceptors (Lipinski definition) is 1. The van der Waals surface area contributed by atoms with Crippen LogP contribution in [0.15, 0.2) is 11.1 Å². The number of hydrogen-bond donors (Lipinski definition) is 1. The van der Waals surface area contributed by atoms with Crippen molar-refractivity contribution in [3.8, 4) is 0 Å². The van der Waals surface area contributed by atoms with Gasteiger partial charge in [-0.2, -0.15) is 0 Å². The van der Waals surface area contributed by atoms with Gasteiger partial charge in [0.05, 0.1) is 0 Å². The predicted octanol–water partition coefficient (Wildman–Crippen LogP) is 3.31. The molecule has 0 aliphatic heterocycles. The molecule has 0 bridgehead atoms. The molecule has 76 valence electrons. The lowest BCUT2D eigenvalue weighted by Gasteiger charge is -2.20. The molecule has 3 atom stereocenters. The van der Waals surface area contributed by atoms with Gasteiger partial charge in [0, 0.05) is 17.1 Å². The van der Waals surface area contributed by atoms with Gasteiger partial charge in [-0.05, 0) is 24.7 Å². The molecule has 0 aromatic rings. The Morgan fingerprint density at radius 3 is 2.69 bits per heavy atom. The van der Waals surface area contributed by atoms with E-state index in [1.165, 1.54) is 19.3 Å². The van der Waals surface area contributed by atoms with Gasteiger partial charge in [-0.25, -0.2) is 0 Å². The van der Waals surface area contributed by atoms with Gasteiger partial charge in [-0.1, -0.05) is 42.8 Å². The Hall–Kier alpha value is 0.180. The maximum atomic E-state index is 3.83. The Morgan fingerprint density at radius 2 is 2.23 bits per heavy atom. The van der Waals surface area contributed by atoms with Crippen LogP contribution in [0.5, 0.6) is 0 Å². The Kier molecular flexibility index (Phi) is 4.47. The highest BCUT2D eigenvalue weighted by Crippen LogP contribution is 2.33. The van der Waals surface area contributed by atoms with Crippen LogP contribution in [0.1, 0.15) is 33.1 Å². The van der Waals surface area contributed by atoms with E-state index in [0.717, 1.165) is 22.9 Å². The van der Waals surface area contributed by atoms with Crippen LogP contribution in [0.25, 0.3) is 0 Å². The van der Waals surface area contributed by atoms with Crippen molar-refractivity contribution in [2.45, 2.75) is 39.2 Å². The lowest BCUT2D eigenvalue weighted by molar-refractivity contribution is 0.352. The molecule has 0 saturated heterocycles. The summed E-state index contributed by atoms with van der Waals surface area (Å²) in [5, 5.41) is 3.55. The molecular weight excluding hydrogens is 226 g/mol. The van der Waals surface area contributed by atoms with Crippen molar-refractivity contribution in [3.05, 3.63) is 11.1 Å². The third kappa shape index (κ3) is 3.10. The monoisotopic (exact) mass is 245 g/mol. The molecule has 0 aromatic heterocycles. The lowest BCUT2D eigenvalue weighted by Crippen LogP contribution is -2.33. The van der Waals surface area contributed by atoms with Crippen molar-refractivity contribution >= 4 is 15.9 Å². The van der Waals surface area contributed by atoms with E-state index < -0.39 is 0 Å². The Bertz CT molecular complexity index is 179. The molecule has 1 N–H and O–H groups in total. The van der Waals surface area contributed by atoms with Crippen LogP contribution in [0.3, 0.4) is 0 Å². The summed E-state index contributed by atoms with van der Waals surface area (Å²) >= 11 is 3.38. The van der Waals surface area contributed by atoms with E-state index in [2.05, 4.69) is 41.7 Å². The summed E-state index contributed by atoms with van der Waals surface area (Å²) in [5.74, 6) is 1.76. The number of nitrogens with one attached hydrogen (secondary N) is 1. The first kappa shape index (κ1) is 11.3. The van der Waals surface area contributed by atoms with Crippen molar-refractivity contribution in [2.24, 2.45) is 11.8 Å². The van der Waals surface area contributed by atoms with E-state index in [1.807, 2.05) is 0 Å². The van der Waals surface area contributed by atoms with Gasteiger partial charge in [0.25, 0.3) is 0 Å². The summed E-state index contributed by atoms with van der Waals surface area (Å²) in [4.78, 5) is 0. The second kappa shape index (κ2) is 5.16. The first-order valence-corrected chi connectivity index (χ1v) is 6.01. The summed E-state index contributed by atoms with van der Waals surface area (Å²) in [6.07, 6.45) is 4.05. The van der Waals surface area contributed by atoms with Gasteiger partial charge in [-0.15, -0.1) is 0 Å². The van der Waals surface area contributed by atoms with E-state index in [-0.39, 0.29) is 0 Å². The molecule has 0 spiro atoms. The Morgan fingerprint density at radius 1 is 1.54 bits per heavy atom. The van der Waals surface area contributed by atoms with Gasteiger partial charge in [-0.3, -0.25) is 0 Å². The van der Waals surface area contributed by atoms with E-state index in [4.69, 9.17) is 0 Å². The summed E-state index contributed by atoms with van der Waals surface area (Å²) in [5.41, 5.74) is 0. The fourth-order valence-corrected chi connectivity index (χ4v) is 2.52. The van der Waals surface area contributed by atoms with Gasteiger partial charge < -0.3 is 5.32 Å². The molecule has 1 rings (SSSR count). The van der Waals surface area contributed by atoms with E-state index >= 15 is 0 Å². The molecule has 0 radical (unpaired) electrons. The Balaban J connectivity index is 2.32. The zero-order chi connectivity index (χ0) is 9.84. The van der Waals surface area contributed by atoms with Crippen molar-refractivity contribution in [2.75, 3.05) is 6.54 Å². The van der Waals surface area contributed by atoms with Crippen LogP contribution >= 0.6 is 15.9 Å². The first-order chi connectivity index (χ1) is 6.15. The van der Waals surface area contributed by atoms with Gasteiger partial charge in [0.1, 0.15) is 0 Å². The smallest absolute Gasteiger partial charge is 0.0268 e. The summed E-state index contributed by atoms with van der Waals surface area (Å²) in [7, 11) is 0. The normalized spacial score (nSPS) is 33.6. The maximum Gasteiger partial charge on any atom is 0.0268 e. The minimum atomic E-state index is 0.708. The number of halogens is 1. The summed E-state index contributed by atoms with van der Waals surface area (Å²) in [6, 6.07) is 0.708. The highest BCUT2D eigenvalue weighted by Gasteiger charge is 2.30. The van der Waals surface area contributed by atoms with Crippen molar-refractivity contribution in [1.29, 1.82) is 0 Å². The average molecular weight is 246 g/mol. The molecule has 2 heteroatoms. The van der Waals surface area contributed by atoms with Crippen molar-refractivity contribution in [3.63, 3.8) is 0 Å². The summed E-state index contributed by atoms with van der Waals surface area (Å²) < 4.78 is 1.06. The highest BCUT2D eigenvalue weighted by atomic mass is 79.9. The minimum absolute atomic E-state index is 0.708. The van der Waals surface area contributed by atoms with Crippen LogP contribution in [0.2, 0.25) is 0 Å². The number of rotatable bonds is 4. The third-order valence-corrected chi connectivity index (χ3v) is 3.59. The highest BCUT2D eigenvalue weighted by molar-refractivity contribution is 9.11. The van der Waals surface area contributed by atoms with E-state index in [9.17, 15) is 0 Å². The van der Waals surface area contributed by atoms with Crippen LogP contribution in [0, 0.1) is 11.8 Å². The van der Waals surface area contributed by atoms with Crippen molar-refractivity contribution < 1.29 is 0 Å². The van der Waals surface area contributed by atoms with Gasteiger partial charge in [0.2, 0.25) is 0 Å². The van der Waals surface area contributed by atoms with Gasteiger partial charge >= 0.3 is 0 Å². The minimum Gasteiger partial charge on any atom is -0.309 e. The SMILES string of the molecule is C=C(Br)CNC1CCC(CC)C1C. The molecule has 0 aromatic carbocycles. The molecule has 3 unspecified atom stereocenters. The van der Waals surface area contributed by atoms with Crippen LogP contribution < -0.4 is 5.32 Å². The molecule has 13 heavy (non-hydrogen) atoms. The topological polar surface area (TPSA) is 12.0 Å². The lowest BCUT2D eigenvalue weighted by atomic mass is 9.93. The first-order valence-electron chi connectivity index (χ1n) is 5.21. The average Bonchev–Trinajstić information content (AvgIpc) is 2.43. The predicted molar refractivity (Wildman–Crippen MR) is 62.0 cm³/mol. The molecule has 1 fully saturated rings. The van der Waals surface area contributed by atoms with Crippen molar-refractivity contribution in [1.82, 2.24) is 5.32 Å². The maximum absolute atomic E-state index is 3.83. The molecular formula is C11H20BrN.